The molecule has 1 spiro atoms. The van der Waals surface area contributed by atoms with Crippen molar-refractivity contribution in [2.24, 2.45) is 5.92 Å². The first-order valence-electron chi connectivity index (χ1n) is 7.53. The molecule has 0 unspecified atom stereocenters. The molecule has 1 saturated heterocycles. The van der Waals surface area contributed by atoms with Gasteiger partial charge in [0.2, 0.25) is 0 Å². The van der Waals surface area contributed by atoms with Gasteiger partial charge in [-0.25, -0.2) is 9.18 Å². The summed E-state index contributed by atoms with van der Waals surface area (Å²) in [5.41, 5.74) is -0.652. The van der Waals surface area contributed by atoms with Gasteiger partial charge in [-0.15, -0.1) is 0 Å². The van der Waals surface area contributed by atoms with Crippen LogP contribution in [0.3, 0.4) is 0 Å². The van der Waals surface area contributed by atoms with Gasteiger partial charge in [0.25, 0.3) is 5.91 Å². The van der Waals surface area contributed by atoms with E-state index in [0.29, 0.717) is 6.42 Å². The maximum atomic E-state index is 13.9. The van der Waals surface area contributed by atoms with Crippen molar-refractivity contribution in [2.75, 3.05) is 0 Å². The Balaban J connectivity index is 1.89. The zero-order chi connectivity index (χ0) is 15.9. The van der Waals surface area contributed by atoms with Crippen LogP contribution in [0.5, 0.6) is 0 Å². The van der Waals surface area contributed by atoms with Crippen LogP contribution in [0.2, 0.25) is 5.02 Å². The molecule has 4 nitrogen and oxygen atoms in total. The lowest BCUT2D eigenvalue weighted by Gasteiger charge is -2.36. The maximum absolute atomic E-state index is 13.9. The van der Waals surface area contributed by atoms with Crippen molar-refractivity contribution in [1.29, 1.82) is 0 Å². The van der Waals surface area contributed by atoms with E-state index in [1.54, 1.807) is 6.07 Å². The number of urea groups is 1. The molecule has 1 aromatic rings. The Labute approximate surface area is 133 Å². The summed E-state index contributed by atoms with van der Waals surface area (Å²) in [6.07, 6.45) is 3.51. The number of halogens is 2. The van der Waals surface area contributed by atoms with E-state index >= 15 is 0 Å². The Morgan fingerprint density at radius 1 is 1.41 bits per heavy atom. The van der Waals surface area contributed by atoms with Gasteiger partial charge < -0.3 is 5.32 Å². The van der Waals surface area contributed by atoms with E-state index in [0.717, 1.165) is 24.2 Å². The fourth-order valence-corrected chi connectivity index (χ4v) is 3.70. The van der Waals surface area contributed by atoms with Gasteiger partial charge in [-0.05, 0) is 30.9 Å². The number of benzene rings is 1. The van der Waals surface area contributed by atoms with E-state index in [9.17, 15) is 14.0 Å². The highest BCUT2D eigenvalue weighted by molar-refractivity contribution is 6.31. The molecule has 1 N–H and O–H groups in total. The largest absolute Gasteiger partial charge is 0.325 e. The first-order chi connectivity index (χ1) is 10.5. The Bertz CT molecular complexity index is 616. The van der Waals surface area contributed by atoms with E-state index in [4.69, 9.17) is 11.6 Å². The smallest absolute Gasteiger partial charge is 0.323 e. The number of amides is 3. The minimum atomic E-state index is -0.826. The third-order valence-corrected chi connectivity index (χ3v) is 5.23. The molecule has 1 aliphatic heterocycles. The Morgan fingerprint density at radius 2 is 2.18 bits per heavy atom. The van der Waals surface area contributed by atoms with Crippen LogP contribution >= 0.6 is 11.6 Å². The second kappa shape index (κ2) is 5.54. The van der Waals surface area contributed by atoms with Gasteiger partial charge in [0, 0.05) is 10.6 Å². The maximum Gasteiger partial charge on any atom is 0.325 e. The fourth-order valence-electron chi connectivity index (χ4n) is 3.48. The molecule has 2 fully saturated rings. The third kappa shape index (κ3) is 2.28. The lowest BCUT2D eigenvalue weighted by Crippen LogP contribution is -2.53. The molecule has 2 atom stereocenters. The summed E-state index contributed by atoms with van der Waals surface area (Å²) in [5, 5.41) is 3.07. The molecule has 6 heteroatoms. The lowest BCUT2D eigenvalue weighted by atomic mass is 9.73. The predicted octanol–water partition coefficient (Wildman–Crippen LogP) is 3.48. The number of nitrogens with zero attached hydrogens (tertiary/aromatic N) is 1. The van der Waals surface area contributed by atoms with Gasteiger partial charge in [0.05, 0.1) is 6.54 Å². The van der Waals surface area contributed by atoms with Crippen LogP contribution in [0.4, 0.5) is 9.18 Å². The fraction of sp³-hybridized carbons (Fsp3) is 0.500. The summed E-state index contributed by atoms with van der Waals surface area (Å²) in [5.74, 6) is -0.687. The first kappa shape index (κ1) is 15.3. The number of carbonyl (C=O) groups is 2. The van der Waals surface area contributed by atoms with Gasteiger partial charge in [-0.1, -0.05) is 37.4 Å². The predicted molar refractivity (Wildman–Crippen MR) is 80.9 cm³/mol. The molecule has 1 aromatic carbocycles. The number of imide groups is 1. The van der Waals surface area contributed by atoms with Crippen molar-refractivity contribution in [2.45, 2.75) is 44.7 Å². The van der Waals surface area contributed by atoms with Crippen LogP contribution in [0.1, 0.15) is 38.2 Å². The van der Waals surface area contributed by atoms with E-state index in [-0.39, 0.29) is 29.0 Å². The molecule has 0 radical (unpaired) electrons. The number of hydrogen-bond acceptors (Lipinski definition) is 2. The quantitative estimate of drug-likeness (QED) is 0.847. The summed E-state index contributed by atoms with van der Waals surface area (Å²) >= 11 is 6.00. The second-order valence-electron chi connectivity index (χ2n) is 6.14. The van der Waals surface area contributed by atoms with Crippen molar-refractivity contribution in [3.63, 3.8) is 0 Å². The Morgan fingerprint density at radius 3 is 2.86 bits per heavy atom. The average molecular weight is 325 g/mol. The standard InChI is InChI=1S/C16H18ClFN2O2/c1-10-5-2-3-8-16(10)14(21)20(15(22)19-16)9-11-12(17)6-4-7-13(11)18/h4,6-7,10H,2-3,5,8-9H2,1H3,(H,19,22)/t10-,16+/m0/s1. The second-order valence-corrected chi connectivity index (χ2v) is 6.55. The van der Waals surface area contributed by atoms with Crippen LogP contribution in [0.15, 0.2) is 18.2 Å². The van der Waals surface area contributed by atoms with Crippen LogP contribution in [0, 0.1) is 11.7 Å². The molecule has 3 rings (SSSR count). The molecule has 118 valence electrons. The topological polar surface area (TPSA) is 49.4 Å². The SMILES string of the molecule is C[C@H]1CCCC[C@@]12NC(=O)N(Cc1c(F)cccc1Cl)C2=O. The molecule has 1 saturated carbocycles. The van der Waals surface area contributed by atoms with E-state index in [2.05, 4.69) is 5.32 Å². The monoisotopic (exact) mass is 324 g/mol. The van der Waals surface area contributed by atoms with Crippen LogP contribution in [0.25, 0.3) is 0 Å². The molecule has 2 aliphatic rings. The van der Waals surface area contributed by atoms with Crippen molar-refractivity contribution >= 4 is 23.5 Å². The number of carbonyl (C=O) groups excluding carboxylic acids is 2. The molecule has 22 heavy (non-hydrogen) atoms. The van der Waals surface area contributed by atoms with Crippen LogP contribution < -0.4 is 5.32 Å². The Kier molecular flexibility index (Phi) is 3.85. The van der Waals surface area contributed by atoms with Gasteiger partial charge >= 0.3 is 6.03 Å². The summed E-state index contributed by atoms with van der Waals surface area (Å²) in [6, 6.07) is 3.87. The summed E-state index contributed by atoms with van der Waals surface area (Å²) in [6.45, 7) is 1.85. The molecular formula is C16H18ClFN2O2. The molecule has 1 heterocycles. The normalized spacial score (nSPS) is 28.3. The molecule has 0 aromatic heterocycles. The Hall–Kier alpha value is -1.62. The number of nitrogens with one attached hydrogen (secondary N) is 1. The van der Waals surface area contributed by atoms with Crippen molar-refractivity contribution < 1.29 is 14.0 Å². The number of hydrogen-bond donors (Lipinski definition) is 1. The highest BCUT2D eigenvalue weighted by atomic mass is 35.5. The zero-order valence-corrected chi connectivity index (χ0v) is 13.1. The minimum Gasteiger partial charge on any atom is -0.323 e. The van der Waals surface area contributed by atoms with Crippen molar-refractivity contribution in [3.8, 4) is 0 Å². The molecule has 0 bridgehead atoms. The molecule has 1 aliphatic carbocycles. The van der Waals surface area contributed by atoms with E-state index in [1.807, 2.05) is 6.92 Å². The van der Waals surface area contributed by atoms with Crippen LogP contribution in [-0.4, -0.2) is 22.4 Å². The summed E-state index contributed by atoms with van der Waals surface area (Å²) in [7, 11) is 0. The highest BCUT2D eigenvalue weighted by Gasteiger charge is 2.54. The zero-order valence-electron chi connectivity index (χ0n) is 12.4. The van der Waals surface area contributed by atoms with E-state index in [1.165, 1.54) is 12.1 Å². The van der Waals surface area contributed by atoms with Crippen molar-refractivity contribution in [1.82, 2.24) is 10.2 Å². The van der Waals surface area contributed by atoms with Gasteiger partial charge in [0.1, 0.15) is 11.4 Å². The van der Waals surface area contributed by atoms with Gasteiger partial charge in [0.15, 0.2) is 0 Å². The molecule has 3 amide bonds. The lowest BCUT2D eigenvalue weighted by molar-refractivity contribution is -0.134. The third-order valence-electron chi connectivity index (χ3n) is 4.88. The van der Waals surface area contributed by atoms with Crippen LogP contribution in [-0.2, 0) is 11.3 Å². The average Bonchev–Trinajstić information content (AvgIpc) is 2.71. The summed E-state index contributed by atoms with van der Waals surface area (Å²) < 4.78 is 13.9. The number of rotatable bonds is 2. The molecular weight excluding hydrogens is 307 g/mol. The highest BCUT2D eigenvalue weighted by Crippen LogP contribution is 2.39. The van der Waals surface area contributed by atoms with Gasteiger partial charge in [-0.2, -0.15) is 0 Å². The van der Waals surface area contributed by atoms with E-state index < -0.39 is 17.4 Å². The first-order valence-corrected chi connectivity index (χ1v) is 7.90. The minimum absolute atomic E-state index is 0.0822. The van der Waals surface area contributed by atoms with Gasteiger partial charge in [-0.3, -0.25) is 9.69 Å². The summed E-state index contributed by atoms with van der Waals surface area (Å²) in [4.78, 5) is 26.2. The van der Waals surface area contributed by atoms with Crippen molar-refractivity contribution in [3.05, 3.63) is 34.6 Å².